The van der Waals surface area contributed by atoms with Crippen LogP contribution in [0.4, 0.5) is 0 Å². The fourth-order valence-corrected chi connectivity index (χ4v) is 2.61. The van der Waals surface area contributed by atoms with Gasteiger partial charge in [0.1, 0.15) is 0 Å². The third-order valence-electron chi connectivity index (χ3n) is 3.60. The molecule has 1 nitrogen and oxygen atoms in total. The molecule has 1 heteroatoms. The molecule has 0 saturated carbocycles. The van der Waals surface area contributed by atoms with Crippen LogP contribution in [0.3, 0.4) is 0 Å². The summed E-state index contributed by atoms with van der Waals surface area (Å²) in [6.07, 6.45) is 3.83. The lowest BCUT2D eigenvalue weighted by molar-refractivity contribution is 0.102. The maximum atomic E-state index is 12.4. The zero-order valence-electron chi connectivity index (χ0n) is 11.0. The Labute approximate surface area is 113 Å². The standard InChI is InChI=1S/C18H16O/c1-13-5-4-6-14(11-13)12-16-10-9-15-7-2-3-8-17(15)18(16)19/h2-8,11-12H,9-10H2,1H3. The van der Waals surface area contributed by atoms with Crippen molar-refractivity contribution in [2.45, 2.75) is 19.8 Å². The molecule has 94 valence electrons. The average Bonchev–Trinajstić information content (AvgIpc) is 2.42. The van der Waals surface area contributed by atoms with Crippen LogP contribution in [0.25, 0.3) is 6.08 Å². The summed E-state index contributed by atoms with van der Waals surface area (Å²) in [4.78, 5) is 12.4. The normalized spacial score (nSPS) is 16.5. The lowest BCUT2D eigenvalue weighted by atomic mass is 9.86. The van der Waals surface area contributed by atoms with Gasteiger partial charge in [0.05, 0.1) is 0 Å². The van der Waals surface area contributed by atoms with E-state index in [0.717, 1.165) is 29.5 Å². The van der Waals surface area contributed by atoms with Gasteiger partial charge < -0.3 is 0 Å². The van der Waals surface area contributed by atoms with Crippen molar-refractivity contribution in [1.82, 2.24) is 0 Å². The highest BCUT2D eigenvalue weighted by molar-refractivity contribution is 6.13. The molecule has 0 N–H and O–H groups in total. The van der Waals surface area contributed by atoms with Gasteiger partial charge in [-0.05, 0) is 37.0 Å². The van der Waals surface area contributed by atoms with Crippen molar-refractivity contribution >= 4 is 11.9 Å². The maximum Gasteiger partial charge on any atom is 0.189 e. The van der Waals surface area contributed by atoms with Gasteiger partial charge in [0, 0.05) is 11.1 Å². The van der Waals surface area contributed by atoms with Crippen molar-refractivity contribution in [3.63, 3.8) is 0 Å². The number of fused-ring (bicyclic) bond motifs is 1. The van der Waals surface area contributed by atoms with Crippen LogP contribution in [0, 0.1) is 6.92 Å². The van der Waals surface area contributed by atoms with Gasteiger partial charge >= 0.3 is 0 Å². The first-order valence-corrected chi connectivity index (χ1v) is 6.64. The fourth-order valence-electron chi connectivity index (χ4n) is 2.61. The van der Waals surface area contributed by atoms with Gasteiger partial charge in [-0.3, -0.25) is 4.79 Å². The van der Waals surface area contributed by atoms with E-state index in [1.54, 1.807) is 0 Å². The Morgan fingerprint density at radius 3 is 2.68 bits per heavy atom. The lowest BCUT2D eigenvalue weighted by Gasteiger charge is -2.17. The number of Topliss-reactive ketones (excluding diaryl/α,β-unsaturated/α-hetero) is 1. The number of ketones is 1. The SMILES string of the molecule is Cc1cccc(C=C2CCc3ccccc3C2=O)c1. The minimum Gasteiger partial charge on any atom is -0.289 e. The Hall–Kier alpha value is -2.15. The molecule has 0 radical (unpaired) electrons. The molecule has 1 aliphatic carbocycles. The molecule has 3 rings (SSSR count). The van der Waals surface area contributed by atoms with Crippen molar-refractivity contribution in [1.29, 1.82) is 0 Å². The molecule has 0 saturated heterocycles. The average molecular weight is 248 g/mol. The van der Waals surface area contributed by atoms with Crippen LogP contribution in [0.2, 0.25) is 0 Å². The number of hydrogen-bond donors (Lipinski definition) is 0. The quantitative estimate of drug-likeness (QED) is 0.691. The van der Waals surface area contributed by atoms with Gasteiger partial charge in [-0.25, -0.2) is 0 Å². The largest absolute Gasteiger partial charge is 0.289 e. The summed E-state index contributed by atoms with van der Waals surface area (Å²) in [7, 11) is 0. The van der Waals surface area contributed by atoms with Gasteiger partial charge in [0.2, 0.25) is 0 Å². The van der Waals surface area contributed by atoms with Crippen molar-refractivity contribution in [2.75, 3.05) is 0 Å². The smallest absolute Gasteiger partial charge is 0.189 e. The summed E-state index contributed by atoms with van der Waals surface area (Å²) in [6.45, 7) is 2.07. The van der Waals surface area contributed by atoms with Crippen LogP contribution in [0.15, 0.2) is 54.1 Å². The molecule has 19 heavy (non-hydrogen) atoms. The first kappa shape index (κ1) is 11.9. The maximum absolute atomic E-state index is 12.4. The number of allylic oxidation sites excluding steroid dienone is 1. The summed E-state index contributed by atoms with van der Waals surface area (Å²) >= 11 is 0. The van der Waals surface area contributed by atoms with Gasteiger partial charge in [-0.1, -0.05) is 54.1 Å². The highest BCUT2D eigenvalue weighted by Crippen LogP contribution is 2.26. The van der Waals surface area contributed by atoms with Crippen LogP contribution in [-0.4, -0.2) is 5.78 Å². The third-order valence-corrected chi connectivity index (χ3v) is 3.60. The van der Waals surface area contributed by atoms with E-state index in [1.807, 2.05) is 36.4 Å². The number of aryl methyl sites for hydroxylation is 2. The van der Waals surface area contributed by atoms with Crippen LogP contribution >= 0.6 is 0 Å². The molecular formula is C18H16O. The number of rotatable bonds is 1. The number of carbonyl (C=O) groups is 1. The van der Waals surface area contributed by atoms with Crippen LogP contribution in [0.5, 0.6) is 0 Å². The summed E-state index contributed by atoms with van der Waals surface area (Å²) in [5.74, 6) is 0.184. The van der Waals surface area contributed by atoms with Crippen LogP contribution in [0.1, 0.15) is 33.5 Å². The van der Waals surface area contributed by atoms with E-state index in [-0.39, 0.29) is 5.78 Å². The van der Waals surface area contributed by atoms with Crippen LogP contribution < -0.4 is 0 Å². The lowest BCUT2D eigenvalue weighted by Crippen LogP contribution is -2.13. The van der Waals surface area contributed by atoms with E-state index in [0.29, 0.717) is 0 Å². The predicted molar refractivity (Wildman–Crippen MR) is 78.2 cm³/mol. The molecule has 0 amide bonds. The van der Waals surface area contributed by atoms with E-state index < -0.39 is 0 Å². The molecule has 2 aromatic carbocycles. The molecule has 0 bridgehead atoms. The topological polar surface area (TPSA) is 17.1 Å². The molecule has 1 aliphatic rings. The second kappa shape index (κ2) is 4.85. The number of hydrogen-bond acceptors (Lipinski definition) is 1. The molecule has 0 atom stereocenters. The Balaban J connectivity index is 1.98. The molecule has 0 unspecified atom stereocenters. The zero-order valence-corrected chi connectivity index (χ0v) is 11.0. The van der Waals surface area contributed by atoms with Gasteiger partial charge in [-0.15, -0.1) is 0 Å². The Bertz CT molecular complexity index is 665. The van der Waals surface area contributed by atoms with Crippen molar-refractivity contribution in [3.05, 3.63) is 76.4 Å². The minimum absolute atomic E-state index is 0.184. The monoisotopic (exact) mass is 248 g/mol. The third kappa shape index (κ3) is 2.37. The van der Waals surface area contributed by atoms with Crippen molar-refractivity contribution in [3.8, 4) is 0 Å². The summed E-state index contributed by atoms with van der Waals surface area (Å²) in [5.41, 5.74) is 5.30. The molecular weight excluding hydrogens is 232 g/mol. The Kier molecular flexibility index (Phi) is 3.04. The molecule has 0 aliphatic heterocycles. The molecule has 0 fully saturated rings. The number of benzene rings is 2. The van der Waals surface area contributed by atoms with E-state index in [9.17, 15) is 4.79 Å². The highest BCUT2D eigenvalue weighted by Gasteiger charge is 2.20. The predicted octanol–water partition coefficient (Wildman–Crippen LogP) is 4.21. The summed E-state index contributed by atoms with van der Waals surface area (Å²) in [5, 5.41) is 0. The number of carbonyl (C=O) groups excluding carboxylic acids is 1. The Morgan fingerprint density at radius 2 is 1.84 bits per heavy atom. The molecule has 0 heterocycles. The van der Waals surface area contributed by atoms with E-state index in [4.69, 9.17) is 0 Å². The Morgan fingerprint density at radius 1 is 1.00 bits per heavy atom. The zero-order chi connectivity index (χ0) is 13.2. The van der Waals surface area contributed by atoms with Crippen molar-refractivity contribution in [2.24, 2.45) is 0 Å². The van der Waals surface area contributed by atoms with Crippen LogP contribution in [-0.2, 0) is 6.42 Å². The first-order chi connectivity index (χ1) is 9.24. The summed E-state index contributed by atoms with van der Waals surface area (Å²) in [6, 6.07) is 16.2. The first-order valence-electron chi connectivity index (χ1n) is 6.64. The molecule has 0 spiro atoms. The summed E-state index contributed by atoms with van der Waals surface area (Å²) < 4.78 is 0. The molecule has 0 aromatic heterocycles. The molecule has 2 aromatic rings. The fraction of sp³-hybridized carbons (Fsp3) is 0.167. The van der Waals surface area contributed by atoms with Crippen molar-refractivity contribution < 1.29 is 4.79 Å². The highest BCUT2D eigenvalue weighted by atomic mass is 16.1. The van der Waals surface area contributed by atoms with E-state index in [1.165, 1.54) is 11.1 Å². The van der Waals surface area contributed by atoms with Gasteiger partial charge in [-0.2, -0.15) is 0 Å². The minimum atomic E-state index is 0.184. The van der Waals surface area contributed by atoms with Gasteiger partial charge in [0.15, 0.2) is 5.78 Å². The second-order valence-corrected chi connectivity index (χ2v) is 5.07. The van der Waals surface area contributed by atoms with E-state index in [2.05, 4.69) is 25.1 Å². The van der Waals surface area contributed by atoms with E-state index >= 15 is 0 Å². The second-order valence-electron chi connectivity index (χ2n) is 5.07. The van der Waals surface area contributed by atoms with Gasteiger partial charge in [0.25, 0.3) is 0 Å².